The van der Waals surface area contributed by atoms with Gasteiger partial charge in [-0.3, -0.25) is 0 Å². The van der Waals surface area contributed by atoms with Gasteiger partial charge in [-0.2, -0.15) is 0 Å². The predicted molar refractivity (Wildman–Crippen MR) is 79.7 cm³/mol. The summed E-state index contributed by atoms with van der Waals surface area (Å²) in [5.41, 5.74) is 8.57. The van der Waals surface area contributed by atoms with Gasteiger partial charge in [-0.25, -0.2) is 0 Å². The molecular weight excluding hydrogens is 218 g/mol. The van der Waals surface area contributed by atoms with Gasteiger partial charge in [0.1, 0.15) is 0 Å². The zero-order chi connectivity index (χ0) is 12.8. The highest BCUT2D eigenvalue weighted by Crippen LogP contribution is 2.22. The largest absolute Gasteiger partial charge is 0.326 e. The summed E-state index contributed by atoms with van der Waals surface area (Å²) in [5, 5.41) is 2.63. The molecule has 0 amide bonds. The summed E-state index contributed by atoms with van der Waals surface area (Å²) in [4.78, 5) is 0. The maximum atomic E-state index is 5.86. The highest BCUT2D eigenvalue weighted by atomic mass is 14.5. The van der Waals surface area contributed by atoms with Crippen LogP contribution in [0.25, 0.3) is 10.8 Å². The number of benzene rings is 2. The first kappa shape index (κ1) is 13.1. The third-order valence-electron chi connectivity index (χ3n) is 3.55. The number of hydrogen-bond donors (Lipinski definition) is 1. The summed E-state index contributed by atoms with van der Waals surface area (Å²) in [6, 6.07) is 13.1. The summed E-state index contributed by atoms with van der Waals surface area (Å²) in [6.07, 6.45) is 6.44. The zero-order valence-corrected chi connectivity index (χ0v) is 11.3. The van der Waals surface area contributed by atoms with Crippen molar-refractivity contribution in [1.29, 1.82) is 0 Å². The molecule has 0 radical (unpaired) electrons. The molecule has 2 aromatic carbocycles. The monoisotopic (exact) mass is 241 g/mol. The standard InChI is InChI=1S/C17H23N/c1-2-3-4-5-8-14-11-15-9-6-7-10-17(15)16(12-14)13-18/h6-7,9-12H,2-5,8,13,18H2,1H3. The first-order chi connectivity index (χ1) is 8.85. The predicted octanol–water partition coefficient (Wildman–Crippen LogP) is 4.42. The van der Waals surface area contributed by atoms with E-state index in [1.807, 2.05) is 0 Å². The van der Waals surface area contributed by atoms with E-state index in [1.165, 1.54) is 54.0 Å². The Hall–Kier alpha value is -1.34. The second-order valence-corrected chi connectivity index (χ2v) is 4.99. The molecule has 0 aliphatic heterocycles. The van der Waals surface area contributed by atoms with Crippen LogP contribution >= 0.6 is 0 Å². The Balaban J connectivity index is 2.18. The van der Waals surface area contributed by atoms with E-state index in [2.05, 4.69) is 43.3 Å². The molecule has 2 aromatic rings. The average molecular weight is 241 g/mol. The molecule has 96 valence electrons. The molecule has 1 nitrogen and oxygen atoms in total. The van der Waals surface area contributed by atoms with Crippen molar-refractivity contribution in [2.45, 2.75) is 45.6 Å². The average Bonchev–Trinajstić information content (AvgIpc) is 2.42. The van der Waals surface area contributed by atoms with E-state index >= 15 is 0 Å². The maximum Gasteiger partial charge on any atom is 0.0184 e. The molecule has 0 aliphatic rings. The van der Waals surface area contributed by atoms with Crippen molar-refractivity contribution in [3.8, 4) is 0 Å². The molecule has 0 bridgehead atoms. The Morgan fingerprint density at radius 1 is 1.00 bits per heavy atom. The minimum Gasteiger partial charge on any atom is -0.326 e. The van der Waals surface area contributed by atoms with E-state index in [-0.39, 0.29) is 0 Å². The van der Waals surface area contributed by atoms with Crippen LogP contribution in [0.4, 0.5) is 0 Å². The normalized spacial score (nSPS) is 11.0. The lowest BCUT2D eigenvalue weighted by molar-refractivity contribution is 0.667. The molecule has 0 fully saturated rings. The second kappa shape index (κ2) is 6.55. The van der Waals surface area contributed by atoms with Gasteiger partial charge >= 0.3 is 0 Å². The Labute approximate surface area is 110 Å². The zero-order valence-electron chi connectivity index (χ0n) is 11.3. The van der Waals surface area contributed by atoms with Crippen molar-refractivity contribution in [1.82, 2.24) is 0 Å². The van der Waals surface area contributed by atoms with Crippen LogP contribution in [0.1, 0.15) is 43.7 Å². The van der Waals surface area contributed by atoms with Crippen LogP contribution in [0.15, 0.2) is 36.4 Å². The van der Waals surface area contributed by atoms with E-state index in [9.17, 15) is 0 Å². The summed E-state index contributed by atoms with van der Waals surface area (Å²) in [5.74, 6) is 0. The first-order valence-corrected chi connectivity index (χ1v) is 7.05. The molecule has 0 aliphatic carbocycles. The van der Waals surface area contributed by atoms with Gasteiger partial charge in [0.05, 0.1) is 0 Å². The van der Waals surface area contributed by atoms with Gasteiger partial charge in [-0.1, -0.05) is 62.6 Å². The molecule has 0 heterocycles. The Bertz CT molecular complexity index is 502. The van der Waals surface area contributed by atoms with Crippen LogP contribution in [-0.4, -0.2) is 0 Å². The third kappa shape index (κ3) is 3.11. The summed E-state index contributed by atoms with van der Waals surface area (Å²) >= 11 is 0. The van der Waals surface area contributed by atoms with Gasteiger partial charge in [0.25, 0.3) is 0 Å². The van der Waals surface area contributed by atoms with Crippen molar-refractivity contribution in [3.05, 3.63) is 47.5 Å². The topological polar surface area (TPSA) is 26.0 Å². The fraction of sp³-hybridized carbons (Fsp3) is 0.412. The summed E-state index contributed by atoms with van der Waals surface area (Å²) in [6.45, 7) is 2.88. The minimum absolute atomic E-state index is 0.628. The van der Waals surface area contributed by atoms with E-state index in [0.717, 1.165) is 0 Å². The van der Waals surface area contributed by atoms with Gasteiger partial charge in [-0.05, 0) is 34.7 Å². The highest BCUT2D eigenvalue weighted by molar-refractivity contribution is 5.86. The molecule has 0 saturated heterocycles. The maximum absolute atomic E-state index is 5.86. The molecule has 1 heteroatoms. The molecule has 2 rings (SSSR count). The SMILES string of the molecule is CCCCCCc1cc(CN)c2ccccc2c1. The Morgan fingerprint density at radius 3 is 2.61 bits per heavy atom. The van der Waals surface area contributed by atoms with Crippen LogP contribution in [0.2, 0.25) is 0 Å². The molecule has 18 heavy (non-hydrogen) atoms. The van der Waals surface area contributed by atoms with Gasteiger partial charge in [0.15, 0.2) is 0 Å². The Morgan fingerprint density at radius 2 is 1.83 bits per heavy atom. The molecule has 0 aromatic heterocycles. The first-order valence-electron chi connectivity index (χ1n) is 7.05. The number of aryl methyl sites for hydroxylation is 1. The van der Waals surface area contributed by atoms with Crippen LogP contribution in [-0.2, 0) is 13.0 Å². The summed E-state index contributed by atoms with van der Waals surface area (Å²) < 4.78 is 0. The fourth-order valence-electron chi connectivity index (χ4n) is 2.53. The lowest BCUT2D eigenvalue weighted by Gasteiger charge is -2.09. The number of rotatable bonds is 6. The highest BCUT2D eigenvalue weighted by Gasteiger charge is 2.02. The van der Waals surface area contributed by atoms with E-state index in [1.54, 1.807) is 0 Å². The van der Waals surface area contributed by atoms with Gasteiger partial charge in [-0.15, -0.1) is 0 Å². The number of fused-ring (bicyclic) bond motifs is 1. The number of hydrogen-bond acceptors (Lipinski definition) is 1. The molecule has 2 N–H and O–H groups in total. The fourth-order valence-corrected chi connectivity index (χ4v) is 2.53. The van der Waals surface area contributed by atoms with Crippen molar-refractivity contribution in [2.75, 3.05) is 0 Å². The van der Waals surface area contributed by atoms with Crippen molar-refractivity contribution >= 4 is 10.8 Å². The van der Waals surface area contributed by atoms with Gasteiger partial charge < -0.3 is 5.73 Å². The van der Waals surface area contributed by atoms with Crippen LogP contribution in [0.5, 0.6) is 0 Å². The van der Waals surface area contributed by atoms with Crippen molar-refractivity contribution in [3.63, 3.8) is 0 Å². The van der Waals surface area contributed by atoms with Crippen LogP contribution in [0.3, 0.4) is 0 Å². The third-order valence-corrected chi connectivity index (χ3v) is 3.55. The lowest BCUT2D eigenvalue weighted by Crippen LogP contribution is -1.99. The van der Waals surface area contributed by atoms with Gasteiger partial charge in [0, 0.05) is 6.54 Å². The number of nitrogens with two attached hydrogens (primary N) is 1. The Kier molecular flexibility index (Phi) is 4.77. The lowest BCUT2D eigenvalue weighted by atomic mass is 9.98. The van der Waals surface area contributed by atoms with E-state index in [0.29, 0.717) is 6.54 Å². The van der Waals surface area contributed by atoms with E-state index < -0.39 is 0 Å². The van der Waals surface area contributed by atoms with Crippen molar-refractivity contribution in [2.24, 2.45) is 5.73 Å². The van der Waals surface area contributed by atoms with Crippen LogP contribution < -0.4 is 5.73 Å². The molecule has 0 saturated carbocycles. The van der Waals surface area contributed by atoms with Crippen LogP contribution in [0, 0.1) is 0 Å². The molecule has 0 spiro atoms. The molecular formula is C17H23N. The van der Waals surface area contributed by atoms with E-state index in [4.69, 9.17) is 5.73 Å². The second-order valence-electron chi connectivity index (χ2n) is 4.99. The molecule has 0 atom stereocenters. The summed E-state index contributed by atoms with van der Waals surface area (Å²) in [7, 11) is 0. The molecule has 0 unspecified atom stereocenters. The quantitative estimate of drug-likeness (QED) is 0.744. The number of unbranched alkanes of at least 4 members (excludes halogenated alkanes) is 3. The van der Waals surface area contributed by atoms with Crippen molar-refractivity contribution < 1.29 is 0 Å². The van der Waals surface area contributed by atoms with Gasteiger partial charge in [0.2, 0.25) is 0 Å². The smallest absolute Gasteiger partial charge is 0.0184 e. The minimum atomic E-state index is 0.628.